The van der Waals surface area contributed by atoms with Crippen LogP contribution in [-0.4, -0.2) is 231 Å². The van der Waals surface area contributed by atoms with Crippen molar-refractivity contribution in [3.05, 3.63) is 171 Å². The number of fused-ring (bicyclic) bond motifs is 3. The summed E-state index contributed by atoms with van der Waals surface area (Å²) in [6.45, 7) is 42.1. The van der Waals surface area contributed by atoms with E-state index in [1.165, 1.54) is 19.1 Å². The van der Waals surface area contributed by atoms with E-state index in [-0.39, 0.29) is 80.1 Å². The number of aliphatic carboxylic acids is 3. The van der Waals surface area contributed by atoms with Gasteiger partial charge in [-0.25, -0.2) is 42.6 Å². The van der Waals surface area contributed by atoms with Gasteiger partial charge in [-0.05, 0) is 202 Å². The van der Waals surface area contributed by atoms with Gasteiger partial charge < -0.3 is 87.9 Å². The minimum Gasteiger partial charge on any atom is -0.481 e. The monoisotopic (exact) mass is 1980 g/mol. The second-order valence-corrected chi connectivity index (χ2v) is 37.8. The molecule has 10 aromatic rings. The van der Waals surface area contributed by atoms with Crippen molar-refractivity contribution >= 4 is 91.9 Å². The van der Waals surface area contributed by atoms with E-state index < -0.39 is 47.2 Å². The number of hydrogen-bond donors (Lipinski definition) is 12. The van der Waals surface area contributed by atoms with Crippen molar-refractivity contribution in [1.29, 1.82) is 0 Å². The number of carbonyl (C=O) groups excluding carboxylic acids is 4. The van der Waals surface area contributed by atoms with Gasteiger partial charge in [0, 0.05) is 219 Å². The molecule has 0 radical (unpaired) electrons. The average molecular weight is 1980 g/mol. The predicted octanol–water partition coefficient (Wildman–Crippen LogP) is 14.1. The van der Waals surface area contributed by atoms with E-state index in [2.05, 4.69) is 102 Å². The van der Waals surface area contributed by atoms with Crippen molar-refractivity contribution in [2.75, 3.05) is 94.9 Å². The molecule has 37 heteroatoms. The van der Waals surface area contributed by atoms with Crippen LogP contribution >= 0.6 is 0 Å². The SMILES string of the molecule is CCC(C(=O)O)C(=O)O.CCc1nc2c(cnn2CC)c(NC2CCOCC2)c1CN.CCc1nc2c(cnn2CC)c(NC2CCOCC2)c1CNC(=O)C(CC)C(=O)NCc1ccc(F)c(-c2cccc(CN3CCN[C@@H](C)C3)c2)c1.CCc1nc2c(cnn2CC)c(NC2CCOCC2)c1CNC(=O)C(CC)C(=O)O.C[C@H]1CN(Cc2cccc(-c3cc(CN)ccc3F)c2)CCN1C(=O)OC(C)(C)C. The number of nitrogens with one attached hydrogen (secondary N) is 7. The number of rotatable bonds is 35. The molecule has 35 nitrogen and oxygen atoms in total. The van der Waals surface area contributed by atoms with E-state index in [9.17, 15) is 43.1 Å². The van der Waals surface area contributed by atoms with Crippen LogP contribution in [-0.2, 0) is 132 Å². The zero-order valence-corrected chi connectivity index (χ0v) is 85.6. The Morgan fingerprint density at radius 3 is 1.24 bits per heavy atom. The summed E-state index contributed by atoms with van der Waals surface area (Å²) in [4.78, 5) is 104. The Kier molecular flexibility index (Phi) is 41.9. The first-order chi connectivity index (χ1) is 68.8. The first-order valence-corrected chi connectivity index (χ1v) is 50.8. The van der Waals surface area contributed by atoms with Crippen LogP contribution in [0.4, 0.5) is 30.6 Å². The summed E-state index contributed by atoms with van der Waals surface area (Å²) < 4.78 is 57.3. The van der Waals surface area contributed by atoms with Crippen LogP contribution in [0, 0.1) is 29.4 Å². The third-order valence-corrected chi connectivity index (χ3v) is 26.5. The van der Waals surface area contributed by atoms with Gasteiger partial charge in [0.15, 0.2) is 22.9 Å². The van der Waals surface area contributed by atoms with Crippen LogP contribution in [0.5, 0.6) is 0 Å². The van der Waals surface area contributed by atoms with Crippen molar-refractivity contribution in [1.82, 2.24) is 80.3 Å². The molecule has 5 fully saturated rings. The van der Waals surface area contributed by atoms with Gasteiger partial charge in [-0.3, -0.25) is 38.6 Å². The summed E-state index contributed by atoms with van der Waals surface area (Å²) in [6.07, 6.45) is 13.9. The maximum atomic E-state index is 15.2. The fraction of sp³-hybridized carbons (Fsp3) is 0.538. The van der Waals surface area contributed by atoms with E-state index >= 15 is 4.39 Å². The van der Waals surface area contributed by atoms with Gasteiger partial charge in [0.25, 0.3) is 0 Å². The molecule has 2 unspecified atom stereocenters. The minimum atomic E-state index is -1.27. The van der Waals surface area contributed by atoms with Gasteiger partial charge in [-0.15, -0.1) is 0 Å². The van der Waals surface area contributed by atoms with E-state index in [0.29, 0.717) is 102 Å². The molecule has 143 heavy (non-hydrogen) atoms. The van der Waals surface area contributed by atoms with Gasteiger partial charge in [-0.2, -0.15) is 15.3 Å². The highest BCUT2D eigenvalue weighted by Gasteiger charge is 2.35. The number of benzene rings is 4. The van der Waals surface area contributed by atoms with Gasteiger partial charge >= 0.3 is 24.0 Å². The van der Waals surface area contributed by atoms with Gasteiger partial charge in [-0.1, -0.05) is 90.1 Å². The number of nitrogens with zero attached hydrogens (tertiary/aromatic N) is 12. The van der Waals surface area contributed by atoms with Crippen LogP contribution in [0.3, 0.4) is 0 Å². The average Bonchev–Trinajstić information content (AvgIpc) is 1.65. The number of anilines is 3. The zero-order chi connectivity index (χ0) is 103. The summed E-state index contributed by atoms with van der Waals surface area (Å²) in [5.74, 6) is -8.60. The van der Waals surface area contributed by atoms with E-state index in [0.717, 1.165) is 228 Å². The molecule has 4 amide bonds. The molecular formula is C106H149F2N21O14. The summed E-state index contributed by atoms with van der Waals surface area (Å²) >= 11 is 0. The second-order valence-electron chi connectivity index (χ2n) is 37.8. The number of carbonyl (C=O) groups is 7. The summed E-state index contributed by atoms with van der Waals surface area (Å²) in [7, 11) is 0. The van der Waals surface area contributed by atoms with Crippen molar-refractivity contribution in [2.24, 2.45) is 29.2 Å². The van der Waals surface area contributed by atoms with Crippen molar-refractivity contribution < 1.29 is 76.6 Å². The Morgan fingerprint density at radius 1 is 0.476 bits per heavy atom. The molecule has 5 aliphatic heterocycles. The molecule has 0 spiro atoms. The third-order valence-electron chi connectivity index (χ3n) is 26.5. The quantitative estimate of drug-likeness (QED) is 0.0164. The molecule has 0 bridgehead atoms. The number of pyridine rings is 3. The smallest absolute Gasteiger partial charge is 0.410 e. The number of aromatic nitrogens is 9. The number of aryl methyl sites for hydroxylation is 6. The first-order valence-electron chi connectivity index (χ1n) is 50.8. The van der Waals surface area contributed by atoms with Crippen molar-refractivity contribution in [2.45, 2.75) is 275 Å². The van der Waals surface area contributed by atoms with Gasteiger partial charge in [0.2, 0.25) is 17.7 Å². The molecule has 0 saturated carbocycles. The summed E-state index contributed by atoms with van der Waals surface area (Å²) in [5, 5.41) is 65.4. The fourth-order valence-electron chi connectivity index (χ4n) is 18.6. The first kappa shape index (κ1) is 111. The highest BCUT2D eigenvalue weighted by Crippen LogP contribution is 2.37. The summed E-state index contributed by atoms with van der Waals surface area (Å²) in [6, 6.07) is 27.3. The lowest BCUT2D eigenvalue weighted by Crippen LogP contribution is -2.54. The maximum Gasteiger partial charge on any atom is 0.410 e. The number of halogens is 2. The molecule has 776 valence electrons. The number of amides is 4. The highest BCUT2D eigenvalue weighted by molar-refractivity contribution is 6.01. The number of hydrogen-bond acceptors (Lipinski definition) is 25. The Hall–Kier alpha value is -12.2. The molecule has 6 aromatic heterocycles. The summed E-state index contributed by atoms with van der Waals surface area (Å²) in [5.41, 5.74) is 29.2. The van der Waals surface area contributed by atoms with Crippen LogP contribution in [0.15, 0.2) is 104 Å². The topological polar surface area (TPSA) is 455 Å². The predicted molar refractivity (Wildman–Crippen MR) is 550 cm³/mol. The lowest BCUT2D eigenvalue weighted by molar-refractivity contribution is -0.155. The number of piperazine rings is 2. The second kappa shape index (κ2) is 53.9. The molecule has 4 atom stereocenters. The van der Waals surface area contributed by atoms with Crippen molar-refractivity contribution in [3.63, 3.8) is 0 Å². The van der Waals surface area contributed by atoms with Crippen molar-refractivity contribution in [3.8, 4) is 22.3 Å². The van der Waals surface area contributed by atoms with Crippen LogP contribution in [0.2, 0.25) is 0 Å². The van der Waals surface area contributed by atoms with Gasteiger partial charge in [0.1, 0.15) is 29.1 Å². The largest absolute Gasteiger partial charge is 0.481 e. The zero-order valence-electron chi connectivity index (χ0n) is 85.6. The third kappa shape index (κ3) is 30.0. The molecule has 11 heterocycles. The number of ether oxygens (including phenoxy) is 4. The number of carboxylic acid groups (broad SMARTS) is 3. The molecule has 5 aliphatic rings. The Bertz CT molecular complexity index is 5910. The van der Waals surface area contributed by atoms with Crippen LogP contribution in [0.1, 0.15) is 211 Å². The van der Waals surface area contributed by atoms with E-state index in [1.807, 2.05) is 130 Å². The fourth-order valence-corrected chi connectivity index (χ4v) is 18.6. The lowest BCUT2D eigenvalue weighted by Gasteiger charge is -2.40. The Labute approximate surface area is 837 Å². The number of nitrogens with two attached hydrogens (primary N) is 2. The normalized spacial score (nSPS) is 16.6. The lowest BCUT2D eigenvalue weighted by atomic mass is 9.99. The molecule has 4 aromatic carbocycles. The maximum absolute atomic E-state index is 15.2. The molecule has 15 rings (SSSR count). The van der Waals surface area contributed by atoms with Gasteiger partial charge in [0.05, 0.1) is 51.8 Å². The molecular weight excluding hydrogens is 1830 g/mol. The number of carboxylic acids is 3. The molecule has 14 N–H and O–H groups in total. The van der Waals surface area contributed by atoms with E-state index in [1.54, 1.807) is 30.0 Å². The Balaban J connectivity index is 0.000000185. The molecule has 5 saturated heterocycles. The van der Waals surface area contributed by atoms with Crippen LogP contribution in [0.25, 0.3) is 55.4 Å². The minimum absolute atomic E-state index is 0.0652. The standard InChI is InChI=1S/C40H53FN8O3.C24H32FN3O2.C21H31N5O4.C16H25N5O.C5H8O4/c1-5-31(40(51)44-22-33-36(6-2)47-38-34(23-45-49(38)7-3)37(33)46-30-13-17-52-18-14-30)39(50)43-21-27-11-12-35(41)32(20-27)29-10-8-9-28(19-29)25-48-16-15-42-26(4)24-48;1-17-15-27(10-11-28(17)23(29)30-24(2,3)4)16-19-6-5-7-20(12-19)21-13-18(14-26)8-9-22(21)25;1-4-14(21(28)29)20(27)22-11-15-17(5-2)25-19-16(12-23-26(19)6-3)18(15)24-13-7-9-30-10-8-13;1-3-14-12(9-17)15(19-11-5-7-22-8-6-11)13-10-18-21(4-2)16(13)20-14;1-2-3(4(6)7)5(8)9/h8-12,19-20,23,26,30-31,42H,5-7,13-18,21-22,24-25H2,1-4H3,(H,43,50)(H,44,51)(H,46,47);5-9,12-13,17H,10-11,14-16,26H2,1-4H3;12-14H,4-11H2,1-3H3,(H,22,27)(H,24,25)(H,28,29);10-11H,3-9,17H2,1-2H3,(H,19,20);3H,2H2,1H3,(H,6,7)(H,8,9)/t26-,31?;17-;;;/m00.../s1. The van der Waals surface area contributed by atoms with Crippen LogP contribution < -0.4 is 48.7 Å². The Morgan fingerprint density at radius 2 is 0.867 bits per heavy atom. The highest BCUT2D eigenvalue weighted by atomic mass is 19.1. The van der Waals surface area contributed by atoms with E-state index in [4.69, 9.17) is 55.6 Å². The molecule has 0 aliphatic carbocycles.